The summed E-state index contributed by atoms with van der Waals surface area (Å²) >= 11 is 0. The SMILES string of the molecule is C=C(C)C(O)Cc1c(O)cc(O)c2c1OC13C(=CC4(OC)CC1C(C)(C)OC3(CC=C(C)C)C4=O)C2=O. The van der Waals surface area contributed by atoms with Gasteiger partial charge in [-0.3, -0.25) is 9.59 Å². The second-order valence-corrected chi connectivity index (χ2v) is 11.6. The van der Waals surface area contributed by atoms with Gasteiger partial charge in [-0.2, -0.15) is 0 Å². The van der Waals surface area contributed by atoms with Crippen LogP contribution in [0.5, 0.6) is 17.2 Å². The fraction of sp³-hybridized carbons (Fsp3) is 0.517. The molecule has 5 aliphatic rings. The summed E-state index contributed by atoms with van der Waals surface area (Å²) in [6.45, 7) is 13.0. The normalized spacial score (nSPS) is 33.3. The summed E-state index contributed by atoms with van der Waals surface area (Å²) in [4.78, 5) is 28.5. The van der Waals surface area contributed by atoms with Crippen LogP contribution in [-0.4, -0.2) is 62.5 Å². The van der Waals surface area contributed by atoms with Gasteiger partial charge in [0, 0.05) is 43.1 Å². The van der Waals surface area contributed by atoms with Crippen LogP contribution in [0, 0.1) is 5.92 Å². The minimum Gasteiger partial charge on any atom is -0.507 e. The third-order valence-corrected chi connectivity index (χ3v) is 8.61. The number of carbonyl (C=O) groups is 2. The largest absolute Gasteiger partial charge is 0.507 e. The van der Waals surface area contributed by atoms with Gasteiger partial charge in [0.1, 0.15) is 28.4 Å². The Morgan fingerprint density at radius 3 is 2.51 bits per heavy atom. The number of ether oxygens (including phenoxy) is 3. The number of rotatable bonds is 6. The average molecular weight is 511 g/mol. The maximum absolute atomic E-state index is 14.3. The van der Waals surface area contributed by atoms with Gasteiger partial charge in [0.15, 0.2) is 17.0 Å². The molecule has 3 aliphatic carbocycles. The molecule has 5 unspecified atom stereocenters. The molecule has 0 amide bonds. The topological polar surface area (TPSA) is 123 Å². The number of phenols is 2. The molecular weight excluding hydrogens is 476 g/mol. The lowest BCUT2D eigenvalue weighted by molar-refractivity contribution is -0.190. The summed E-state index contributed by atoms with van der Waals surface area (Å²) in [5.41, 5.74) is -3.71. The molecule has 5 atom stereocenters. The number of hydrogen-bond acceptors (Lipinski definition) is 8. The lowest BCUT2D eigenvalue weighted by atomic mass is 9.49. The van der Waals surface area contributed by atoms with Crippen LogP contribution in [0.25, 0.3) is 0 Å². The Morgan fingerprint density at radius 2 is 1.92 bits per heavy atom. The van der Waals surface area contributed by atoms with E-state index in [1.54, 1.807) is 6.92 Å². The Morgan fingerprint density at radius 1 is 1.24 bits per heavy atom. The zero-order chi connectivity index (χ0) is 27.3. The second-order valence-electron chi connectivity index (χ2n) is 11.6. The zero-order valence-electron chi connectivity index (χ0n) is 22.1. The number of phenolic OH excluding ortho intramolecular Hbond substituents is 2. The van der Waals surface area contributed by atoms with E-state index in [-0.39, 0.29) is 53.2 Å². The third-order valence-electron chi connectivity index (χ3n) is 8.61. The Balaban J connectivity index is 1.85. The minimum absolute atomic E-state index is 0.0487. The van der Waals surface area contributed by atoms with Gasteiger partial charge < -0.3 is 29.5 Å². The number of aliphatic hydroxyl groups excluding tert-OH is 1. The van der Waals surface area contributed by atoms with Gasteiger partial charge >= 0.3 is 0 Å². The van der Waals surface area contributed by atoms with Crippen LogP contribution in [0.1, 0.15) is 63.4 Å². The smallest absolute Gasteiger partial charge is 0.205 e. The Kier molecular flexibility index (Phi) is 5.41. The van der Waals surface area contributed by atoms with Crippen molar-refractivity contribution in [1.82, 2.24) is 0 Å². The summed E-state index contributed by atoms with van der Waals surface area (Å²) in [6.07, 6.45) is 2.69. The molecule has 1 saturated heterocycles. The number of ketones is 2. The first-order chi connectivity index (χ1) is 17.2. The van der Waals surface area contributed by atoms with Crippen molar-refractivity contribution in [1.29, 1.82) is 0 Å². The van der Waals surface area contributed by atoms with E-state index in [4.69, 9.17) is 14.2 Å². The van der Waals surface area contributed by atoms with Crippen LogP contribution in [0.4, 0.5) is 0 Å². The molecular formula is C29H34O8. The molecule has 2 fully saturated rings. The summed E-state index contributed by atoms with van der Waals surface area (Å²) in [6, 6.07) is 1.07. The predicted molar refractivity (Wildman–Crippen MR) is 135 cm³/mol. The van der Waals surface area contributed by atoms with Crippen molar-refractivity contribution in [2.75, 3.05) is 7.11 Å². The van der Waals surface area contributed by atoms with E-state index in [0.29, 0.717) is 5.57 Å². The summed E-state index contributed by atoms with van der Waals surface area (Å²) in [5.74, 6) is -2.15. The minimum atomic E-state index is -1.59. The van der Waals surface area contributed by atoms with Crippen LogP contribution in [0.15, 0.2) is 41.5 Å². The molecule has 3 N–H and O–H groups in total. The highest BCUT2D eigenvalue weighted by atomic mass is 16.6. The van der Waals surface area contributed by atoms with Crippen LogP contribution in [-0.2, 0) is 20.7 Å². The number of allylic oxidation sites excluding steroid dienone is 1. The molecule has 6 rings (SSSR count). The molecule has 1 saturated carbocycles. The quantitative estimate of drug-likeness (QED) is 0.495. The zero-order valence-corrected chi connectivity index (χ0v) is 22.1. The first-order valence-corrected chi connectivity index (χ1v) is 12.5. The molecule has 0 radical (unpaired) electrons. The van der Waals surface area contributed by atoms with Crippen molar-refractivity contribution in [3.63, 3.8) is 0 Å². The van der Waals surface area contributed by atoms with Gasteiger partial charge in [0.25, 0.3) is 0 Å². The first kappa shape index (κ1) is 25.7. The van der Waals surface area contributed by atoms with E-state index in [2.05, 4.69) is 6.58 Å². The van der Waals surface area contributed by atoms with Crippen LogP contribution in [0.3, 0.4) is 0 Å². The fourth-order valence-corrected chi connectivity index (χ4v) is 6.76. The van der Waals surface area contributed by atoms with Crippen LogP contribution in [0.2, 0.25) is 0 Å². The van der Waals surface area contributed by atoms with Crippen molar-refractivity contribution in [2.45, 2.75) is 82.4 Å². The number of benzene rings is 1. The molecule has 37 heavy (non-hydrogen) atoms. The Labute approximate surface area is 216 Å². The van der Waals surface area contributed by atoms with E-state index >= 15 is 0 Å². The van der Waals surface area contributed by atoms with Gasteiger partial charge in [-0.15, -0.1) is 0 Å². The number of methoxy groups -OCH3 is 1. The maximum Gasteiger partial charge on any atom is 0.205 e. The highest BCUT2D eigenvalue weighted by molar-refractivity contribution is 6.19. The molecule has 1 aromatic carbocycles. The molecule has 2 heterocycles. The van der Waals surface area contributed by atoms with Crippen LogP contribution < -0.4 is 4.74 Å². The van der Waals surface area contributed by atoms with Gasteiger partial charge in [0.2, 0.25) is 5.78 Å². The number of fused-ring (bicyclic) bond motifs is 1. The maximum atomic E-state index is 14.3. The summed E-state index contributed by atoms with van der Waals surface area (Å²) < 4.78 is 19.3. The average Bonchev–Trinajstić information content (AvgIpc) is 2.97. The van der Waals surface area contributed by atoms with Crippen molar-refractivity contribution in [2.24, 2.45) is 5.92 Å². The van der Waals surface area contributed by atoms with Gasteiger partial charge in [0.05, 0.1) is 11.7 Å². The van der Waals surface area contributed by atoms with Crippen molar-refractivity contribution in [3.8, 4) is 17.2 Å². The lowest BCUT2D eigenvalue weighted by Gasteiger charge is -2.59. The lowest BCUT2D eigenvalue weighted by Crippen LogP contribution is -2.77. The summed E-state index contributed by atoms with van der Waals surface area (Å²) in [5, 5.41) is 32.2. The predicted octanol–water partition coefficient (Wildman–Crippen LogP) is 3.71. The number of hydrogen-bond donors (Lipinski definition) is 3. The first-order valence-electron chi connectivity index (χ1n) is 12.5. The summed E-state index contributed by atoms with van der Waals surface area (Å²) in [7, 11) is 1.45. The van der Waals surface area contributed by atoms with E-state index < -0.39 is 46.0 Å². The second kappa shape index (κ2) is 7.79. The molecule has 1 spiro atoms. The fourth-order valence-electron chi connectivity index (χ4n) is 6.76. The number of aromatic hydroxyl groups is 2. The van der Waals surface area contributed by atoms with Crippen LogP contribution >= 0.6 is 0 Å². The van der Waals surface area contributed by atoms with E-state index in [1.807, 2.05) is 33.8 Å². The Bertz CT molecular complexity index is 1320. The van der Waals surface area contributed by atoms with Crippen molar-refractivity contribution < 1.29 is 39.1 Å². The molecule has 1 aromatic rings. The van der Waals surface area contributed by atoms with Crippen molar-refractivity contribution >= 4 is 11.6 Å². The van der Waals surface area contributed by atoms with E-state index in [1.165, 1.54) is 13.2 Å². The van der Waals surface area contributed by atoms with Gasteiger partial charge in [-0.1, -0.05) is 23.8 Å². The number of Topliss-reactive ketones (excluding diaryl/α,β-unsaturated/α-hetero) is 2. The van der Waals surface area contributed by atoms with Gasteiger partial charge in [-0.05, 0) is 47.1 Å². The van der Waals surface area contributed by atoms with Gasteiger partial charge in [-0.25, -0.2) is 0 Å². The van der Waals surface area contributed by atoms with E-state index in [0.717, 1.165) is 11.6 Å². The van der Waals surface area contributed by atoms with Crippen molar-refractivity contribution in [3.05, 3.63) is 52.6 Å². The van der Waals surface area contributed by atoms with E-state index in [9.17, 15) is 24.9 Å². The third kappa shape index (κ3) is 3.06. The monoisotopic (exact) mass is 510 g/mol. The Hall–Kier alpha value is -2.94. The molecule has 2 aliphatic heterocycles. The molecule has 4 bridgehead atoms. The molecule has 8 heteroatoms. The number of carbonyl (C=O) groups excluding carboxylic acids is 2. The molecule has 198 valence electrons. The molecule has 8 nitrogen and oxygen atoms in total. The molecule has 0 aromatic heterocycles. The number of aliphatic hydroxyl groups is 1. The highest BCUT2D eigenvalue weighted by Gasteiger charge is 2.84. The standard InChI is InChI=1S/C29H34O8/c1-14(2)8-9-28-25(34)27(35-7)12-17-23(33)22-20(32)11-19(31)16(10-18(30)15(3)4)24(22)36-29(17,28)21(13-27)26(5,6)37-28/h8,11-12,18,21,30-32H,3,9-10,13H2,1-2,4-7H3. The highest BCUT2D eigenvalue weighted by Crippen LogP contribution is 2.69.